The molecule has 0 saturated carbocycles. The number of hydrogen-bond acceptors (Lipinski definition) is 6. The van der Waals surface area contributed by atoms with Crippen molar-refractivity contribution in [2.75, 3.05) is 13.1 Å². The number of nitrogens with zero attached hydrogens (tertiary/aromatic N) is 2. The van der Waals surface area contributed by atoms with Crippen LogP contribution in [0, 0.1) is 12.8 Å². The number of carbonyl (C=O) groups is 2. The summed E-state index contributed by atoms with van der Waals surface area (Å²) in [5.41, 5.74) is 0.961. The minimum Gasteiger partial charge on any atom is -0.475 e. The lowest BCUT2D eigenvalue weighted by Crippen LogP contribution is -2.42. The Kier molecular flexibility index (Phi) is 7.64. The van der Waals surface area contributed by atoms with Gasteiger partial charge in [0.2, 0.25) is 5.91 Å². The second-order valence-corrected chi connectivity index (χ2v) is 7.58. The first-order valence-electron chi connectivity index (χ1n) is 9.36. The molecule has 2 aliphatic rings. The second kappa shape index (κ2) is 9.57. The summed E-state index contributed by atoms with van der Waals surface area (Å²) in [5.74, 6) is -1.39. The molecule has 0 spiro atoms. The maximum atomic E-state index is 12.1. The van der Waals surface area contributed by atoms with E-state index in [9.17, 15) is 18.0 Å². The zero-order chi connectivity index (χ0) is 21.8. The maximum Gasteiger partial charge on any atom is 0.490 e. The molecule has 3 rings (SSSR count). The maximum absolute atomic E-state index is 12.1. The monoisotopic (exact) mass is 421 g/mol. The Labute approximate surface area is 166 Å². The van der Waals surface area contributed by atoms with Gasteiger partial charge in [-0.3, -0.25) is 9.69 Å². The number of hydrogen-bond donors (Lipinski definition) is 2. The van der Waals surface area contributed by atoms with Gasteiger partial charge in [0.15, 0.2) is 0 Å². The lowest BCUT2D eigenvalue weighted by molar-refractivity contribution is -0.192. The molecule has 2 N–H and O–H groups in total. The van der Waals surface area contributed by atoms with Gasteiger partial charge in [-0.05, 0) is 46.1 Å². The highest BCUT2D eigenvalue weighted by Gasteiger charge is 2.42. The third-order valence-corrected chi connectivity index (χ3v) is 4.66. The van der Waals surface area contributed by atoms with Crippen molar-refractivity contribution in [1.29, 1.82) is 0 Å². The summed E-state index contributed by atoms with van der Waals surface area (Å²) in [4.78, 5) is 23.3. The number of aliphatic carboxylic acids is 1. The first kappa shape index (κ1) is 23.1. The number of likely N-dealkylation sites (tertiary alicyclic amines) is 1. The van der Waals surface area contributed by atoms with Crippen LogP contribution < -0.4 is 5.32 Å². The summed E-state index contributed by atoms with van der Waals surface area (Å²) in [7, 11) is 0. The van der Waals surface area contributed by atoms with E-state index in [4.69, 9.17) is 19.2 Å². The van der Waals surface area contributed by atoms with Crippen LogP contribution in [-0.2, 0) is 20.9 Å². The van der Waals surface area contributed by atoms with Crippen LogP contribution >= 0.6 is 0 Å². The van der Waals surface area contributed by atoms with Gasteiger partial charge in [0, 0.05) is 25.2 Å². The molecule has 0 aliphatic carbocycles. The molecular weight excluding hydrogens is 395 g/mol. The fraction of sp³-hybridized carbons (Fsp3) is 0.722. The fourth-order valence-corrected chi connectivity index (χ4v) is 3.41. The summed E-state index contributed by atoms with van der Waals surface area (Å²) in [6.07, 6.45) is -3.29. The van der Waals surface area contributed by atoms with E-state index in [0.29, 0.717) is 5.92 Å². The van der Waals surface area contributed by atoms with Crippen LogP contribution in [0.2, 0.25) is 0 Å². The van der Waals surface area contributed by atoms with Gasteiger partial charge < -0.3 is 19.7 Å². The van der Waals surface area contributed by atoms with E-state index >= 15 is 0 Å². The topological polar surface area (TPSA) is 105 Å². The SMILES string of the molecule is Cc1cc(CN2CC[C@H]3C[C@H](C(=O)NC(C)C)O[C@H]3C2)no1.O=C(O)C(F)(F)F. The second-order valence-electron chi connectivity index (χ2n) is 7.58. The van der Waals surface area contributed by atoms with E-state index in [0.717, 1.165) is 43.9 Å². The zero-order valence-electron chi connectivity index (χ0n) is 16.5. The Balaban J connectivity index is 0.000000370. The standard InChI is InChI=1S/C16H25N3O3.C2HF3O2/c1-10(2)17-16(20)14-7-12-4-5-19(9-15(12)21-14)8-13-6-11(3)22-18-13;3-2(4,5)1(6)7/h6,10,12,14-15H,4-5,7-9H2,1-3H3,(H,17,20);(H,6,7)/t12-,14+,15-;/m0./s1. The van der Waals surface area contributed by atoms with Crippen molar-refractivity contribution in [3.8, 4) is 0 Å². The minimum absolute atomic E-state index is 0.0306. The molecule has 164 valence electrons. The van der Waals surface area contributed by atoms with Crippen molar-refractivity contribution in [3.05, 3.63) is 17.5 Å². The molecular formula is C18H26F3N3O5. The van der Waals surface area contributed by atoms with E-state index in [1.165, 1.54) is 0 Å². The van der Waals surface area contributed by atoms with Crippen molar-refractivity contribution in [1.82, 2.24) is 15.4 Å². The van der Waals surface area contributed by atoms with Crippen LogP contribution in [0.25, 0.3) is 0 Å². The first-order chi connectivity index (χ1) is 13.5. The van der Waals surface area contributed by atoms with Crippen LogP contribution in [0.4, 0.5) is 13.2 Å². The average Bonchev–Trinajstić information content (AvgIpc) is 3.19. The predicted molar refractivity (Wildman–Crippen MR) is 94.9 cm³/mol. The average molecular weight is 421 g/mol. The highest BCUT2D eigenvalue weighted by molar-refractivity contribution is 5.81. The number of aromatic nitrogens is 1. The molecule has 11 heteroatoms. The molecule has 1 amide bonds. The van der Waals surface area contributed by atoms with Gasteiger partial charge in [-0.2, -0.15) is 13.2 Å². The van der Waals surface area contributed by atoms with Gasteiger partial charge in [-0.1, -0.05) is 5.16 Å². The number of carboxylic acids is 1. The summed E-state index contributed by atoms with van der Waals surface area (Å²) in [6, 6.07) is 2.13. The van der Waals surface area contributed by atoms with Crippen molar-refractivity contribution in [3.63, 3.8) is 0 Å². The smallest absolute Gasteiger partial charge is 0.475 e. The summed E-state index contributed by atoms with van der Waals surface area (Å²) < 4.78 is 42.9. The number of nitrogens with one attached hydrogen (secondary N) is 1. The highest BCUT2D eigenvalue weighted by atomic mass is 19.4. The third kappa shape index (κ3) is 7.00. The number of piperidine rings is 1. The number of carboxylic acid groups (broad SMARTS) is 1. The molecule has 2 saturated heterocycles. The van der Waals surface area contributed by atoms with Gasteiger partial charge in [-0.15, -0.1) is 0 Å². The Morgan fingerprint density at radius 1 is 1.41 bits per heavy atom. The van der Waals surface area contributed by atoms with E-state index in [1.54, 1.807) is 0 Å². The van der Waals surface area contributed by atoms with Gasteiger partial charge in [0.1, 0.15) is 11.9 Å². The van der Waals surface area contributed by atoms with Gasteiger partial charge in [-0.25, -0.2) is 4.79 Å². The summed E-state index contributed by atoms with van der Waals surface area (Å²) >= 11 is 0. The number of halogens is 3. The molecule has 2 fully saturated rings. The van der Waals surface area contributed by atoms with E-state index in [-0.39, 0.29) is 24.2 Å². The van der Waals surface area contributed by atoms with Crippen LogP contribution in [0.1, 0.15) is 38.1 Å². The summed E-state index contributed by atoms with van der Waals surface area (Å²) in [5, 5.41) is 14.1. The molecule has 1 aromatic rings. The number of ether oxygens (including phenoxy) is 1. The Morgan fingerprint density at radius 2 is 2.07 bits per heavy atom. The normalized spacial score (nSPS) is 24.6. The van der Waals surface area contributed by atoms with Crippen molar-refractivity contribution in [2.24, 2.45) is 5.92 Å². The number of fused-ring (bicyclic) bond motifs is 1. The quantitative estimate of drug-likeness (QED) is 0.767. The molecule has 0 radical (unpaired) electrons. The van der Waals surface area contributed by atoms with Crippen LogP contribution in [0.5, 0.6) is 0 Å². The Morgan fingerprint density at radius 3 is 2.59 bits per heavy atom. The summed E-state index contributed by atoms with van der Waals surface area (Å²) in [6.45, 7) is 8.52. The zero-order valence-corrected chi connectivity index (χ0v) is 16.5. The third-order valence-electron chi connectivity index (χ3n) is 4.66. The van der Waals surface area contributed by atoms with Gasteiger partial charge in [0.05, 0.1) is 11.8 Å². The number of aryl methyl sites for hydroxylation is 1. The van der Waals surface area contributed by atoms with Crippen molar-refractivity contribution >= 4 is 11.9 Å². The molecule has 0 bridgehead atoms. The predicted octanol–water partition coefficient (Wildman–Crippen LogP) is 2.12. The van der Waals surface area contributed by atoms with Crippen LogP contribution in [-0.4, -0.2) is 64.6 Å². The van der Waals surface area contributed by atoms with E-state index < -0.39 is 12.1 Å². The molecule has 2 aliphatic heterocycles. The largest absolute Gasteiger partial charge is 0.490 e. The Hall–Kier alpha value is -2.14. The highest BCUT2D eigenvalue weighted by Crippen LogP contribution is 2.33. The van der Waals surface area contributed by atoms with Crippen molar-refractivity contribution < 1.29 is 37.1 Å². The fourth-order valence-electron chi connectivity index (χ4n) is 3.41. The molecule has 1 aromatic heterocycles. The van der Waals surface area contributed by atoms with E-state index in [2.05, 4.69) is 15.4 Å². The molecule has 29 heavy (non-hydrogen) atoms. The molecule has 0 aromatic carbocycles. The molecule has 3 heterocycles. The number of rotatable bonds is 4. The number of carbonyl (C=O) groups excluding carboxylic acids is 1. The lowest BCUT2D eigenvalue weighted by atomic mass is 9.91. The number of amides is 1. The first-order valence-corrected chi connectivity index (χ1v) is 9.36. The molecule has 8 nitrogen and oxygen atoms in total. The lowest BCUT2D eigenvalue weighted by Gasteiger charge is -2.33. The van der Waals surface area contributed by atoms with Gasteiger partial charge in [0.25, 0.3) is 0 Å². The van der Waals surface area contributed by atoms with Crippen LogP contribution in [0.3, 0.4) is 0 Å². The Bertz CT molecular complexity index is 707. The van der Waals surface area contributed by atoms with E-state index in [1.807, 2.05) is 26.8 Å². The van der Waals surface area contributed by atoms with Crippen molar-refractivity contribution in [2.45, 2.75) is 64.6 Å². The number of alkyl halides is 3. The minimum atomic E-state index is -5.08. The molecule has 0 unspecified atom stereocenters. The van der Waals surface area contributed by atoms with Crippen LogP contribution in [0.15, 0.2) is 10.6 Å². The van der Waals surface area contributed by atoms with Gasteiger partial charge >= 0.3 is 12.1 Å². The molecule has 3 atom stereocenters.